The molecule has 7 nitrogen and oxygen atoms in total. The van der Waals surface area contributed by atoms with Gasteiger partial charge in [-0.15, -0.1) is 0 Å². The maximum atomic E-state index is 12.4. The Morgan fingerprint density at radius 3 is 2.70 bits per heavy atom. The minimum atomic E-state index is -0.125. The molecule has 1 fully saturated rings. The molecule has 1 unspecified atom stereocenters. The number of amides is 1. The topological polar surface area (TPSA) is 73.1 Å². The van der Waals surface area contributed by atoms with Crippen LogP contribution in [0.2, 0.25) is 0 Å². The summed E-state index contributed by atoms with van der Waals surface area (Å²) in [5.41, 5.74) is 2.51. The highest BCUT2D eigenvalue weighted by atomic mass is 16.5. The van der Waals surface area contributed by atoms with Crippen LogP contribution in [0.25, 0.3) is 22.3 Å². The molecule has 0 bridgehead atoms. The molecule has 0 N–H and O–H groups in total. The highest BCUT2D eigenvalue weighted by molar-refractivity contribution is 5.94. The Morgan fingerprint density at radius 2 is 1.91 bits per heavy atom. The van der Waals surface area contributed by atoms with Crippen LogP contribution in [0, 0.1) is 11.8 Å². The van der Waals surface area contributed by atoms with Crippen LogP contribution < -0.4 is 4.74 Å². The van der Waals surface area contributed by atoms with Gasteiger partial charge in [-0.2, -0.15) is 5.10 Å². The Hall–Kier alpha value is -4.18. The van der Waals surface area contributed by atoms with Crippen LogP contribution in [0.15, 0.2) is 67.1 Å². The van der Waals surface area contributed by atoms with E-state index in [1.807, 2.05) is 64.2 Å². The lowest BCUT2D eigenvalue weighted by Gasteiger charge is -2.22. The molecule has 1 atom stereocenters. The van der Waals surface area contributed by atoms with Gasteiger partial charge in [-0.3, -0.25) is 4.79 Å². The molecule has 7 heteroatoms. The predicted octanol–water partition coefficient (Wildman–Crippen LogP) is 4.30. The van der Waals surface area contributed by atoms with Crippen molar-refractivity contribution in [3.05, 3.63) is 67.1 Å². The zero-order valence-electron chi connectivity index (χ0n) is 18.3. The molecule has 1 aliphatic rings. The van der Waals surface area contributed by atoms with Gasteiger partial charge in [0.05, 0.1) is 18.0 Å². The molecule has 0 radical (unpaired) electrons. The second kappa shape index (κ2) is 9.13. The summed E-state index contributed by atoms with van der Waals surface area (Å²) in [6.07, 6.45) is 5.20. The van der Waals surface area contributed by atoms with Crippen molar-refractivity contribution >= 4 is 16.9 Å². The van der Waals surface area contributed by atoms with E-state index in [1.54, 1.807) is 13.1 Å². The van der Waals surface area contributed by atoms with Gasteiger partial charge in [-0.05, 0) is 62.1 Å². The van der Waals surface area contributed by atoms with Crippen LogP contribution in [0.5, 0.6) is 11.5 Å². The number of fused-ring (bicyclic) bond motifs is 1. The van der Waals surface area contributed by atoms with E-state index in [0.29, 0.717) is 6.54 Å². The summed E-state index contributed by atoms with van der Waals surface area (Å²) in [6, 6.07) is 17.6. The lowest BCUT2D eigenvalue weighted by molar-refractivity contribution is -0.126. The van der Waals surface area contributed by atoms with Gasteiger partial charge in [-0.25, -0.2) is 14.6 Å². The second-order valence-electron chi connectivity index (χ2n) is 7.90. The van der Waals surface area contributed by atoms with Gasteiger partial charge >= 0.3 is 0 Å². The summed E-state index contributed by atoms with van der Waals surface area (Å²) in [7, 11) is 0. The van der Waals surface area contributed by atoms with Crippen LogP contribution in [-0.4, -0.2) is 43.1 Å². The number of hydrogen-bond donors (Lipinski definition) is 0. The van der Waals surface area contributed by atoms with Crippen LogP contribution in [-0.2, 0) is 11.3 Å². The van der Waals surface area contributed by atoms with Crippen molar-refractivity contribution in [1.82, 2.24) is 24.6 Å². The fourth-order valence-electron chi connectivity index (χ4n) is 4.24. The minimum Gasteiger partial charge on any atom is -0.457 e. The fourth-order valence-corrected chi connectivity index (χ4v) is 4.24. The number of aromatic nitrogens is 4. The number of ether oxygens (including phenoxy) is 1. The van der Waals surface area contributed by atoms with Crippen molar-refractivity contribution in [2.24, 2.45) is 0 Å². The van der Waals surface area contributed by atoms with Crippen molar-refractivity contribution in [2.45, 2.75) is 32.4 Å². The van der Waals surface area contributed by atoms with E-state index in [4.69, 9.17) is 9.84 Å². The first-order chi connectivity index (χ1) is 16.2. The molecule has 3 heterocycles. The Morgan fingerprint density at radius 1 is 1.12 bits per heavy atom. The van der Waals surface area contributed by atoms with Gasteiger partial charge < -0.3 is 9.64 Å². The molecule has 1 aliphatic heterocycles. The van der Waals surface area contributed by atoms with Gasteiger partial charge in [0.1, 0.15) is 23.5 Å². The molecular weight excluding hydrogens is 414 g/mol. The highest BCUT2D eigenvalue weighted by Gasteiger charge is 2.29. The molecular formula is C26H23N5O2. The van der Waals surface area contributed by atoms with Crippen molar-refractivity contribution in [2.75, 3.05) is 6.54 Å². The fraction of sp³-hybridized carbons (Fsp3) is 0.231. The number of carbonyl (C=O) groups is 1. The molecule has 33 heavy (non-hydrogen) atoms. The summed E-state index contributed by atoms with van der Waals surface area (Å²) >= 11 is 0. The number of rotatable bonds is 5. The SMILES string of the molecule is CC#CC(=O)N1CCCC1Cn1nc(-c2ccc(Oc3ccccc3)cc2)c2cncnc21. The number of para-hydroxylation sites is 1. The van der Waals surface area contributed by atoms with E-state index in [-0.39, 0.29) is 11.9 Å². The molecule has 5 rings (SSSR count). The minimum absolute atomic E-state index is 0.0471. The number of carbonyl (C=O) groups excluding carboxylic acids is 1. The van der Waals surface area contributed by atoms with Crippen molar-refractivity contribution in [3.63, 3.8) is 0 Å². The molecule has 164 valence electrons. The monoisotopic (exact) mass is 437 g/mol. The molecule has 1 amide bonds. The van der Waals surface area contributed by atoms with E-state index >= 15 is 0 Å². The van der Waals surface area contributed by atoms with Gasteiger partial charge in [0.2, 0.25) is 0 Å². The third-order valence-electron chi connectivity index (χ3n) is 5.77. The first kappa shape index (κ1) is 20.7. The first-order valence-corrected chi connectivity index (χ1v) is 11.0. The average molecular weight is 438 g/mol. The smallest absolute Gasteiger partial charge is 0.298 e. The quantitative estimate of drug-likeness (QED) is 0.435. The second-order valence-corrected chi connectivity index (χ2v) is 7.90. The summed E-state index contributed by atoms with van der Waals surface area (Å²) in [5.74, 6) is 6.79. The molecule has 2 aromatic carbocycles. The van der Waals surface area contributed by atoms with E-state index in [0.717, 1.165) is 53.2 Å². The predicted molar refractivity (Wildman–Crippen MR) is 125 cm³/mol. The molecule has 0 saturated carbocycles. The first-order valence-electron chi connectivity index (χ1n) is 11.0. The van der Waals surface area contributed by atoms with E-state index in [9.17, 15) is 4.79 Å². The van der Waals surface area contributed by atoms with E-state index in [1.165, 1.54) is 6.33 Å². The van der Waals surface area contributed by atoms with Gasteiger partial charge in [0.15, 0.2) is 5.65 Å². The molecule has 1 saturated heterocycles. The Labute approximate surface area is 192 Å². The van der Waals surface area contributed by atoms with Crippen LogP contribution in [0.4, 0.5) is 0 Å². The van der Waals surface area contributed by atoms with Crippen LogP contribution in [0.1, 0.15) is 19.8 Å². The number of benzene rings is 2. The van der Waals surface area contributed by atoms with Crippen molar-refractivity contribution < 1.29 is 9.53 Å². The summed E-state index contributed by atoms with van der Waals surface area (Å²) in [5, 5.41) is 5.75. The zero-order valence-corrected chi connectivity index (χ0v) is 18.3. The van der Waals surface area contributed by atoms with Crippen LogP contribution in [0.3, 0.4) is 0 Å². The van der Waals surface area contributed by atoms with E-state index in [2.05, 4.69) is 21.8 Å². The normalized spacial score (nSPS) is 15.3. The Balaban J connectivity index is 1.43. The van der Waals surface area contributed by atoms with E-state index < -0.39 is 0 Å². The number of likely N-dealkylation sites (tertiary alicyclic amines) is 1. The van der Waals surface area contributed by atoms with Gasteiger partial charge in [0.25, 0.3) is 5.91 Å². The standard InChI is InChI=1S/C26H23N5O2/c1-2-7-24(32)30-15-6-8-20(30)17-31-26-23(16-27-18-28-26)25(29-31)19-11-13-22(14-12-19)33-21-9-4-3-5-10-21/h3-5,9-14,16,18,20H,6,8,15,17H2,1H3. The molecule has 4 aromatic rings. The Bertz CT molecular complexity index is 1340. The van der Waals surface area contributed by atoms with Crippen molar-refractivity contribution in [1.29, 1.82) is 0 Å². The lowest BCUT2D eigenvalue weighted by atomic mass is 10.1. The third kappa shape index (κ3) is 4.28. The summed E-state index contributed by atoms with van der Waals surface area (Å²) in [6.45, 7) is 2.98. The van der Waals surface area contributed by atoms with Crippen molar-refractivity contribution in [3.8, 4) is 34.6 Å². The summed E-state index contributed by atoms with van der Waals surface area (Å²) in [4.78, 5) is 22.9. The number of nitrogens with zero attached hydrogens (tertiary/aromatic N) is 5. The van der Waals surface area contributed by atoms with Gasteiger partial charge in [0, 0.05) is 18.3 Å². The lowest BCUT2D eigenvalue weighted by Crippen LogP contribution is -2.37. The molecule has 0 aliphatic carbocycles. The summed E-state index contributed by atoms with van der Waals surface area (Å²) < 4.78 is 7.79. The zero-order chi connectivity index (χ0) is 22.6. The highest BCUT2D eigenvalue weighted by Crippen LogP contribution is 2.30. The maximum absolute atomic E-state index is 12.4. The third-order valence-corrected chi connectivity index (χ3v) is 5.77. The van der Waals surface area contributed by atoms with Gasteiger partial charge in [-0.1, -0.05) is 24.1 Å². The van der Waals surface area contributed by atoms with Crippen LogP contribution >= 0.6 is 0 Å². The largest absolute Gasteiger partial charge is 0.457 e. The average Bonchev–Trinajstić information content (AvgIpc) is 3.46. The molecule has 2 aromatic heterocycles. The molecule has 0 spiro atoms. The number of hydrogen-bond acceptors (Lipinski definition) is 5. The Kier molecular flexibility index (Phi) is 5.73. The maximum Gasteiger partial charge on any atom is 0.298 e.